The molecule has 0 aliphatic heterocycles. The molecule has 7 heteroatoms. The Bertz CT molecular complexity index is 631. The second kappa shape index (κ2) is 4.08. The molecule has 2 rings (SSSR count). The number of rotatable bonds is 2. The monoisotopic (exact) mass is 275 g/mol. The molecule has 0 unspecified atom stereocenters. The van der Waals surface area contributed by atoms with Crippen molar-refractivity contribution in [2.45, 2.75) is 6.54 Å². The van der Waals surface area contributed by atoms with Crippen molar-refractivity contribution in [2.75, 3.05) is 0 Å². The van der Waals surface area contributed by atoms with Gasteiger partial charge in [-0.25, -0.2) is 0 Å². The lowest BCUT2D eigenvalue weighted by molar-refractivity contribution is -0.118. The summed E-state index contributed by atoms with van der Waals surface area (Å²) in [7, 11) is 0. The number of carbonyl (C=O) groups excluding carboxylic acids is 1. The number of aromatic nitrogens is 2. The highest BCUT2D eigenvalue weighted by molar-refractivity contribution is 7.71. The molecule has 0 aliphatic rings. The molecule has 84 valence electrons. The van der Waals surface area contributed by atoms with Crippen LogP contribution in [-0.2, 0) is 11.3 Å². The minimum atomic E-state index is -0.469. The number of primary amides is 1. The summed E-state index contributed by atoms with van der Waals surface area (Å²) in [6.45, 7) is 0.0107. The fourth-order valence-electron chi connectivity index (χ4n) is 1.46. The van der Waals surface area contributed by atoms with Crippen LogP contribution < -0.4 is 5.73 Å². The highest BCUT2D eigenvalue weighted by Gasteiger charge is 2.09. The smallest absolute Gasteiger partial charge is 0.237 e. The third-order valence-electron chi connectivity index (χ3n) is 2.13. The van der Waals surface area contributed by atoms with Gasteiger partial charge in [0.1, 0.15) is 6.54 Å². The van der Waals surface area contributed by atoms with Crippen molar-refractivity contribution in [2.24, 2.45) is 5.73 Å². The van der Waals surface area contributed by atoms with Gasteiger partial charge in [-0.05, 0) is 24.4 Å². The fourth-order valence-corrected chi connectivity index (χ4v) is 2.06. The van der Waals surface area contributed by atoms with Crippen molar-refractivity contribution in [3.8, 4) is 0 Å². The van der Waals surface area contributed by atoms with Crippen LogP contribution in [0.1, 0.15) is 0 Å². The normalized spacial score (nSPS) is 10.9. The lowest BCUT2D eigenvalue weighted by Gasteiger charge is -2.01. The predicted octanol–water partition coefficient (Wildman–Crippen LogP) is 2.49. The van der Waals surface area contributed by atoms with Gasteiger partial charge in [-0.15, -0.1) is 0 Å². The first-order valence-corrected chi connectivity index (χ1v) is 5.51. The third-order valence-corrected chi connectivity index (χ3v) is 3.17. The van der Waals surface area contributed by atoms with E-state index in [4.69, 9.17) is 41.2 Å². The van der Waals surface area contributed by atoms with E-state index in [1.807, 2.05) is 0 Å². The summed E-state index contributed by atoms with van der Waals surface area (Å²) in [6.07, 6.45) is 0. The maximum absolute atomic E-state index is 10.9. The van der Waals surface area contributed by atoms with Gasteiger partial charge >= 0.3 is 0 Å². The molecule has 0 atom stereocenters. The van der Waals surface area contributed by atoms with Crippen molar-refractivity contribution in [3.63, 3.8) is 0 Å². The molecule has 1 heterocycles. The van der Waals surface area contributed by atoms with E-state index in [9.17, 15) is 4.79 Å². The van der Waals surface area contributed by atoms with Crippen LogP contribution in [0.4, 0.5) is 0 Å². The maximum atomic E-state index is 10.9. The summed E-state index contributed by atoms with van der Waals surface area (Å²) in [5, 5.41) is 0.832. The lowest BCUT2D eigenvalue weighted by atomic mass is 10.3. The summed E-state index contributed by atoms with van der Waals surface area (Å²) in [6, 6.07) is 3.31. The number of hydrogen-bond acceptors (Lipinski definition) is 2. The number of carbonyl (C=O) groups is 1. The predicted molar refractivity (Wildman–Crippen MR) is 66.3 cm³/mol. The number of nitrogens with one attached hydrogen (secondary N) is 1. The Labute approximate surface area is 106 Å². The molecule has 0 radical (unpaired) electrons. The summed E-state index contributed by atoms with van der Waals surface area (Å²) in [5.41, 5.74) is 6.56. The average molecular weight is 276 g/mol. The van der Waals surface area contributed by atoms with E-state index in [0.29, 0.717) is 20.3 Å². The van der Waals surface area contributed by atoms with Gasteiger partial charge in [-0.3, -0.25) is 4.79 Å². The minimum Gasteiger partial charge on any atom is -0.368 e. The zero-order valence-corrected chi connectivity index (χ0v) is 10.3. The number of H-pyrrole nitrogens is 1. The molecule has 2 aromatic rings. The molecular formula is C9H7Cl2N3OS. The maximum Gasteiger partial charge on any atom is 0.237 e. The molecular weight excluding hydrogens is 269 g/mol. The molecule has 0 bridgehead atoms. The lowest BCUT2D eigenvalue weighted by Crippen LogP contribution is -2.18. The standard InChI is InChI=1S/C9H7Cl2N3OS/c10-4-1-6-7(2-5(4)11)14(3-8(12)15)9(16)13-6/h1-2H,3H2,(H2,12,15)(H,13,16). The molecule has 0 aliphatic carbocycles. The second-order valence-electron chi connectivity index (χ2n) is 3.27. The van der Waals surface area contributed by atoms with E-state index in [-0.39, 0.29) is 6.54 Å². The highest BCUT2D eigenvalue weighted by atomic mass is 35.5. The molecule has 4 nitrogen and oxygen atoms in total. The summed E-state index contributed by atoms with van der Waals surface area (Å²) < 4.78 is 1.99. The zero-order chi connectivity index (χ0) is 11.9. The van der Waals surface area contributed by atoms with Gasteiger partial charge in [0.15, 0.2) is 4.77 Å². The molecule has 0 saturated heterocycles. The van der Waals surface area contributed by atoms with Crippen molar-refractivity contribution >= 4 is 52.4 Å². The molecule has 0 spiro atoms. The number of hydrogen-bond donors (Lipinski definition) is 2. The minimum absolute atomic E-state index is 0.0107. The number of aromatic amines is 1. The van der Waals surface area contributed by atoms with Gasteiger partial charge in [0.05, 0.1) is 21.1 Å². The van der Waals surface area contributed by atoms with Crippen LogP contribution in [0.5, 0.6) is 0 Å². The van der Waals surface area contributed by atoms with Gasteiger partial charge in [0, 0.05) is 0 Å². The Hall–Kier alpha value is -1.04. The molecule has 1 aromatic carbocycles. The quantitative estimate of drug-likeness (QED) is 0.828. The fraction of sp³-hybridized carbons (Fsp3) is 0.111. The van der Waals surface area contributed by atoms with Crippen molar-refractivity contribution in [1.82, 2.24) is 9.55 Å². The van der Waals surface area contributed by atoms with Gasteiger partial charge in [-0.1, -0.05) is 23.2 Å². The first kappa shape index (κ1) is 11.4. The number of fused-ring (bicyclic) bond motifs is 1. The van der Waals surface area contributed by atoms with Gasteiger partial charge in [0.25, 0.3) is 0 Å². The molecule has 0 saturated carbocycles. The third kappa shape index (κ3) is 1.93. The van der Waals surface area contributed by atoms with Crippen LogP contribution in [0.15, 0.2) is 12.1 Å². The SMILES string of the molecule is NC(=O)Cn1c(=S)[nH]c2cc(Cl)c(Cl)cc21. The largest absolute Gasteiger partial charge is 0.368 e. The van der Waals surface area contributed by atoms with Crippen molar-refractivity contribution in [3.05, 3.63) is 26.9 Å². The molecule has 16 heavy (non-hydrogen) atoms. The molecule has 3 N–H and O–H groups in total. The van der Waals surface area contributed by atoms with Crippen LogP contribution in [0.3, 0.4) is 0 Å². The number of benzene rings is 1. The first-order chi connectivity index (χ1) is 7.49. The van der Waals surface area contributed by atoms with E-state index < -0.39 is 5.91 Å². The number of nitrogens with two attached hydrogens (primary N) is 1. The van der Waals surface area contributed by atoms with Gasteiger partial charge in [-0.2, -0.15) is 0 Å². The number of imidazole rings is 1. The Kier molecular flexibility index (Phi) is 2.92. The van der Waals surface area contributed by atoms with Crippen LogP contribution in [-0.4, -0.2) is 15.5 Å². The summed E-state index contributed by atoms with van der Waals surface area (Å²) in [5.74, 6) is -0.469. The zero-order valence-electron chi connectivity index (χ0n) is 7.96. The number of amides is 1. The van der Waals surface area contributed by atoms with E-state index in [1.54, 1.807) is 16.7 Å². The Balaban J connectivity index is 2.74. The Morgan fingerprint density at radius 1 is 1.44 bits per heavy atom. The highest BCUT2D eigenvalue weighted by Crippen LogP contribution is 2.27. The Morgan fingerprint density at radius 2 is 2.06 bits per heavy atom. The van der Waals surface area contributed by atoms with Crippen LogP contribution in [0.2, 0.25) is 10.0 Å². The molecule has 1 amide bonds. The van der Waals surface area contributed by atoms with Crippen LogP contribution in [0, 0.1) is 4.77 Å². The topological polar surface area (TPSA) is 63.8 Å². The van der Waals surface area contributed by atoms with Crippen molar-refractivity contribution < 1.29 is 4.79 Å². The van der Waals surface area contributed by atoms with Gasteiger partial charge in [0.2, 0.25) is 5.91 Å². The second-order valence-corrected chi connectivity index (χ2v) is 4.47. The summed E-state index contributed by atoms with van der Waals surface area (Å²) >= 11 is 16.8. The van der Waals surface area contributed by atoms with Crippen LogP contribution >= 0.6 is 35.4 Å². The molecule has 1 aromatic heterocycles. The molecule has 0 fully saturated rings. The number of nitrogens with zero attached hydrogens (tertiary/aromatic N) is 1. The number of halogens is 2. The first-order valence-electron chi connectivity index (χ1n) is 4.35. The van der Waals surface area contributed by atoms with E-state index in [0.717, 1.165) is 5.52 Å². The average Bonchev–Trinajstić information content (AvgIpc) is 2.45. The summed E-state index contributed by atoms with van der Waals surface area (Å²) in [4.78, 5) is 13.8. The van der Waals surface area contributed by atoms with E-state index in [1.165, 1.54) is 0 Å². The van der Waals surface area contributed by atoms with E-state index >= 15 is 0 Å². The Morgan fingerprint density at radius 3 is 2.69 bits per heavy atom. The van der Waals surface area contributed by atoms with E-state index in [2.05, 4.69) is 4.98 Å². The van der Waals surface area contributed by atoms with Crippen LogP contribution in [0.25, 0.3) is 11.0 Å². The van der Waals surface area contributed by atoms with Gasteiger partial charge < -0.3 is 15.3 Å². The van der Waals surface area contributed by atoms with Crippen molar-refractivity contribution in [1.29, 1.82) is 0 Å².